The molecule has 6 nitrogen and oxygen atoms in total. The molecule has 0 radical (unpaired) electrons. The zero-order chi connectivity index (χ0) is 11.8. The second-order valence-corrected chi connectivity index (χ2v) is 6.21. The third-order valence-corrected chi connectivity index (χ3v) is 4.46. The molecule has 1 saturated heterocycles. The van der Waals surface area contributed by atoms with Crippen LogP contribution in [0.5, 0.6) is 0 Å². The molecule has 1 fully saturated rings. The van der Waals surface area contributed by atoms with Gasteiger partial charge in [0.25, 0.3) is 0 Å². The van der Waals surface area contributed by atoms with Crippen molar-refractivity contribution in [2.24, 2.45) is 0 Å². The number of nitrogens with zero attached hydrogens (tertiary/aromatic N) is 2. The van der Waals surface area contributed by atoms with Crippen LogP contribution >= 0.6 is 0 Å². The highest BCUT2D eigenvalue weighted by Gasteiger charge is 2.28. The molecule has 0 spiro atoms. The molecule has 88 valence electrons. The molecule has 1 aliphatic rings. The van der Waals surface area contributed by atoms with Crippen LogP contribution in [0.15, 0.2) is 6.33 Å². The first-order chi connectivity index (χ1) is 7.48. The van der Waals surface area contributed by atoms with Gasteiger partial charge in [-0.15, -0.1) is 0 Å². The van der Waals surface area contributed by atoms with Crippen LogP contribution in [-0.4, -0.2) is 35.9 Å². The zero-order valence-corrected chi connectivity index (χ0v) is 9.79. The van der Waals surface area contributed by atoms with E-state index in [0.717, 1.165) is 5.56 Å². The van der Waals surface area contributed by atoms with Gasteiger partial charge in [0, 0.05) is 11.6 Å². The van der Waals surface area contributed by atoms with Crippen molar-refractivity contribution in [1.29, 1.82) is 0 Å². The van der Waals surface area contributed by atoms with E-state index in [2.05, 4.69) is 15.3 Å². The van der Waals surface area contributed by atoms with Crippen LogP contribution in [0, 0.1) is 6.92 Å². The summed E-state index contributed by atoms with van der Waals surface area (Å²) in [6.45, 7) is 1.81. The number of sulfone groups is 1. The van der Waals surface area contributed by atoms with E-state index in [4.69, 9.17) is 5.73 Å². The minimum absolute atomic E-state index is 0.0713. The number of anilines is 2. The molecule has 16 heavy (non-hydrogen) atoms. The minimum Gasteiger partial charge on any atom is -0.383 e. The largest absolute Gasteiger partial charge is 0.383 e. The summed E-state index contributed by atoms with van der Waals surface area (Å²) in [6.07, 6.45) is 1.99. The van der Waals surface area contributed by atoms with Gasteiger partial charge in [-0.05, 0) is 13.3 Å². The average molecular weight is 242 g/mol. The summed E-state index contributed by atoms with van der Waals surface area (Å²) in [5, 5.41) is 3.10. The number of nitrogens with one attached hydrogen (secondary N) is 1. The fraction of sp³-hybridized carbons (Fsp3) is 0.556. The van der Waals surface area contributed by atoms with Crippen LogP contribution in [0.3, 0.4) is 0 Å². The Morgan fingerprint density at radius 1 is 1.50 bits per heavy atom. The van der Waals surface area contributed by atoms with Crippen molar-refractivity contribution in [3.05, 3.63) is 11.9 Å². The number of hydrogen-bond acceptors (Lipinski definition) is 6. The summed E-state index contributed by atoms with van der Waals surface area (Å²) in [4.78, 5) is 7.90. The SMILES string of the molecule is Cc1c(N)ncnc1NC1CCS(=O)(=O)C1. The number of nitrogen functional groups attached to an aromatic ring is 1. The van der Waals surface area contributed by atoms with E-state index in [1.807, 2.05) is 0 Å². The van der Waals surface area contributed by atoms with E-state index in [1.165, 1.54) is 6.33 Å². The van der Waals surface area contributed by atoms with Gasteiger partial charge in [0.15, 0.2) is 9.84 Å². The molecule has 2 heterocycles. The lowest BCUT2D eigenvalue weighted by Gasteiger charge is -2.13. The van der Waals surface area contributed by atoms with Gasteiger partial charge < -0.3 is 11.1 Å². The van der Waals surface area contributed by atoms with Crippen molar-refractivity contribution < 1.29 is 8.42 Å². The van der Waals surface area contributed by atoms with Crippen LogP contribution in [0.25, 0.3) is 0 Å². The maximum Gasteiger partial charge on any atom is 0.152 e. The lowest BCUT2D eigenvalue weighted by Crippen LogP contribution is -2.22. The Morgan fingerprint density at radius 2 is 2.25 bits per heavy atom. The Labute approximate surface area is 94.2 Å². The summed E-state index contributed by atoms with van der Waals surface area (Å²) < 4.78 is 22.6. The van der Waals surface area contributed by atoms with Gasteiger partial charge in [0.2, 0.25) is 0 Å². The Bertz CT molecular complexity index is 500. The molecule has 0 amide bonds. The van der Waals surface area contributed by atoms with E-state index in [0.29, 0.717) is 18.1 Å². The van der Waals surface area contributed by atoms with Gasteiger partial charge >= 0.3 is 0 Å². The molecule has 1 aromatic heterocycles. The monoisotopic (exact) mass is 242 g/mol. The predicted molar refractivity (Wildman–Crippen MR) is 61.9 cm³/mol. The highest BCUT2D eigenvalue weighted by molar-refractivity contribution is 7.91. The number of rotatable bonds is 2. The zero-order valence-electron chi connectivity index (χ0n) is 8.97. The normalized spacial score (nSPS) is 23.2. The van der Waals surface area contributed by atoms with Crippen molar-refractivity contribution in [2.75, 3.05) is 22.6 Å². The van der Waals surface area contributed by atoms with Crippen LogP contribution in [0.1, 0.15) is 12.0 Å². The highest BCUT2D eigenvalue weighted by atomic mass is 32.2. The van der Waals surface area contributed by atoms with Crippen LogP contribution in [-0.2, 0) is 9.84 Å². The standard InChI is InChI=1S/C9H14N4O2S/c1-6-8(10)11-5-12-9(6)13-7-2-3-16(14,15)4-7/h5,7H,2-4H2,1H3,(H3,10,11,12,13). The van der Waals surface area contributed by atoms with Crippen molar-refractivity contribution >= 4 is 21.5 Å². The van der Waals surface area contributed by atoms with Crippen LogP contribution in [0.2, 0.25) is 0 Å². The van der Waals surface area contributed by atoms with Gasteiger partial charge in [-0.25, -0.2) is 18.4 Å². The molecule has 7 heteroatoms. The van der Waals surface area contributed by atoms with E-state index in [9.17, 15) is 8.42 Å². The third kappa shape index (κ3) is 2.24. The maximum atomic E-state index is 11.3. The molecule has 0 aliphatic carbocycles. The first-order valence-corrected chi connectivity index (χ1v) is 6.84. The molecule has 0 saturated carbocycles. The van der Waals surface area contributed by atoms with Crippen molar-refractivity contribution in [2.45, 2.75) is 19.4 Å². The van der Waals surface area contributed by atoms with E-state index >= 15 is 0 Å². The van der Waals surface area contributed by atoms with Crippen molar-refractivity contribution in [1.82, 2.24) is 9.97 Å². The van der Waals surface area contributed by atoms with Crippen LogP contribution in [0.4, 0.5) is 11.6 Å². The molecule has 1 unspecified atom stereocenters. The topological polar surface area (TPSA) is 98.0 Å². The molecule has 2 rings (SSSR count). The predicted octanol–water partition coefficient (Wildman–Crippen LogP) is -0.0338. The number of hydrogen-bond donors (Lipinski definition) is 2. The van der Waals surface area contributed by atoms with Gasteiger partial charge in [-0.3, -0.25) is 0 Å². The minimum atomic E-state index is -2.88. The quantitative estimate of drug-likeness (QED) is 0.755. The Morgan fingerprint density at radius 3 is 2.88 bits per heavy atom. The summed E-state index contributed by atoms with van der Waals surface area (Å²) in [5.74, 6) is 1.44. The maximum absolute atomic E-state index is 11.3. The van der Waals surface area contributed by atoms with Crippen molar-refractivity contribution in [3.8, 4) is 0 Å². The molecular weight excluding hydrogens is 228 g/mol. The van der Waals surface area contributed by atoms with Gasteiger partial charge in [0.1, 0.15) is 18.0 Å². The molecular formula is C9H14N4O2S. The third-order valence-electron chi connectivity index (χ3n) is 2.70. The van der Waals surface area contributed by atoms with Crippen LogP contribution < -0.4 is 11.1 Å². The summed E-state index contributed by atoms with van der Waals surface area (Å²) in [6, 6.07) is -0.0713. The Balaban J connectivity index is 2.14. The second kappa shape index (κ2) is 3.89. The molecule has 0 bridgehead atoms. The van der Waals surface area contributed by atoms with E-state index < -0.39 is 9.84 Å². The van der Waals surface area contributed by atoms with E-state index in [1.54, 1.807) is 6.92 Å². The molecule has 1 aliphatic heterocycles. The smallest absolute Gasteiger partial charge is 0.152 e. The second-order valence-electron chi connectivity index (χ2n) is 3.98. The number of aromatic nitrogens is 2. The molecule has 1 aromatic rings. The molecule has 3 N–H and O–H groups in total. The van der Waals surface area contributed by atoms with Gasteiger partial charge in [0.05, 0.1) is 11.5 Å². The summed E-state index contributed by atoms with van der Waals surface area (Å²) >= 11 is 0. The van der Waals surface area contributed by atoms with Gasteiger partial charge in [-0.2, -0.15) is 0 Å². The molecule has 0 aromatic carbocycles. The average Bonchev–Trinajstić information content (AvgIpc) is 2.53. The lowest BCUT2D eigenvalue weighted by molar-refractivity contribution is 0.602. The van der Waals surface area contributed by atoms with Gasteiger partial charge in [-0.1, -0.05) is 0 Å². The lowest BCUT2D eigenvalue weighted by atomic mass is 10.2. The molecule has 1 atom stereocenters. The summed E-state index contributed by atoms with van der Waals surface area (Å²) in [7, 11) is -2.88. The van der Waals surface area contributed by atoms with Crippen molar-refractivity contribution in [3.63, 3.8) is 0 Å². The Kier molecular flexibility index (Phi) is 2.71. The van der Waals surface area contributed by atoms with E-state index in [-0.39, 0.29) is 17.5 Å². The fourth-order valence-electron chi connectivity index (χ4n) is 1.71. The first kappa shape index (κ1) is 11.1. The summed E-state index contributed by atoms with van der Waals surface area (Å²) in [5.41, 5.74) is 6.40. The highest BCUT2D eigenvalue weighted by Crippen LogP contribution is 2.20. The number of nitrogens with two attached hydrogens (primary N) is 1. The fourth-order valence-corrected chi connectivity index (χ4v) is 3.38. The first-order valence-electron chi connectivity index (χ1n) is 5.02. The Hall–Kier alpha value is -1.37.